The number of carbonyl (C=O) groups is 3. The molecule has 0 fully saturated rings. The molecule has 2 amide bonds. The molecule has 3 aromatic carbocycles. The van der Waals surface area contributed by atoms with Crippen LogP contribution in [0.25, 0.3) is 5.69 Å². The first kappa shape index (κ1) is 29.2. The SMILES string of the molecule is CCOC(=O)c1ccc(NC(=O)CSc2nnc(CNC(=O)COc3ccccc3)n2-c2ccccc2OC)cc1. The summed E-state index contributed by atoms with van der Waals surface area (Å²) in [6.07, 6.45) is 0. The summed E-state index contributed by atoms with van der Waals surface area (Å²) in [4.78, 5) is 37.0. The zero-order valence-corrected chi connectivity index (χ0v) is 23.3. The van der Waals surface area contributed by atoms with Crippen molar-refractivity contribution in [1.29, 1.82) is 0 Å². The Kier molecular flexibility index (Phi) is 10.3. The topological polar surface area (TPSA) is 134 Å². The van der Waals surface area contributed by atoms with Gasteiger partial charge in [0.25, 0.3) is 5.91 Å². The molecule has 2 N–H and O–H groups in total. The molecule has 0 atom stereocenters. The van der Waals surface area contributed by atoms with Crippen molar-refractivity contribution in [2.45, 2.75) is 18.6 Å². The second-order valence-electron chi connectivity index (χ2n) is 8.42. The molecule has 0 saturated heterocycles. The zero-order chi connectivity index (χ0) is 29.0. The Morgan fingerprint density at radius 3 is 2.37 bits per heavy atom. The van der Waals surface area contributed by atoms with E-state index in [1.165, 1.54) is 11.8 Å². The van der Waals surface area contributed by atoms with E-state index >= 15 is 0 Å². The predicted molar refractivity (Wildman–Crippen MR) is 153 cm³/mol. The lowest BCUT2D eigenvalue weighted by atomic mass is 10.2. The van der Waals surface area contributed by atoms with Crippen LogP contribution in [0.5, 0.6) is 11.5 Å². The molecule has 4 aromatic rings. The summed E-state index contributed by atoms with van der Waals surface area (Å²) in [5.41, 5.74) is 1.59. The van der Waals surface area contributed by atoms with Gasteiger partial charge in [-0.05, 0) is 55.5 Å². The standard InChI is InChI=1S/C29H29N5O6S/c1-3-39-28(37)20-13-15-21(16-14-20)31-27(36)19-41-29-33-32-25(34(29)23-11-7-8-12-24(23)38-2)17-30-26(35)18-40-22-9-5-4-6-10-22/h4-16H,3,17-19H2,1-2H3,(H,30,35)(H,31,36). The Balaban J connectivity index is 1.43. The summed E-state index contributed by atoms with van der Waals surface area (Å²) >= 11 is 1.18. The normalized spacial score (nSPS) is 10.5. The lowest BCUT2D eigenvalue weighted by Gasteiger charge is -2.14. The molecule has 12 heteroatoms. The molecule has 0 unspecified atom stereocenters. The van der Waals surface area contributed by atoms with Gasteiger partial charge in [0, 0.05) is 5.69 Å². The van der Waals surface area contributed by atoms with Gasteiger partial charge in [0.2, 0.25) is 5.91 Å². The van der Waals surface area contributed by atoms with Gasteiger partial charge in [0.15, 0.2) is 17.6 Å². The minimum atomic E-state index is -0.424. The third-order valence-electron chi connectivity index (χ3n) is 5.60. The lowest BCUT2D eigenvalue weighted by Crippen LogP contribution is -2.29. The summed E-state index contributed by atoms with van der Waals surface area (Å²) in [6.45, 7) is 1.93. The van der Waals surface area contributed by atoms with Crippen LogP contribution in [0.1, 0.15) is 23.1 Å². The van der Waals surface area contributed by atoms with E-state index in [1.807, 2.05) is 36.4 Å². The van der Waals surface area contributed by atoms with E-state index in [2.05, 4.69) is 20.8 Å². The van der Waals surface area contributed by atoms with E-state index in [0.717, 1.165) is 0 Å². The smallest absolute Gasteiger partial charge is 0.338 e. The average molecular weight is 576 g/mol. The number of esters is 1. The molecule has 0 aliphatic rings. The first-order chi connectivity index (χ1) is 20.0. The van der Waals surface area contributed by atoms with E-state index in [0.29, 0.717) is 39.4 Å². The number of nitrogens with zero attached hydrogens (tertiary/aromatic N) is 3. The van der Waals surface area contributed by atoms with Crippen molar-refractivity contribution in [1.82, 2.24) is 20.1 Å². The number of rotatable bonds is 13. The van der Waals surface area contributed by atoms with Gasteiger partial charge in [-0.3, -0.25) is 14.2 Å². The van der Waals surface area contributed by atoms with Gasteiger partial charge in [-0.2, -0.15) is 0 Å². The summed E-state index contributed by atoms with van der Waals surface area (Å²) in [5, 5.41) is 14.6. The first-order valence-corrected chi connectivity index (χ1v) is 13.7. The van der Waals surface area contributed by atoms with Gasteiger partial charge in [0.1, 0.15) is 11.5 Å². The van der Waals surface area contributed by atoms with Gasteiger partial charge in [0.05, 0.1) is 37.3 Å². The number of carbonyl (C=O) groups excluding carboxylic acids is 3. The molecule has 11 nitrogen and oxygen atoms in total. The lowest BCUT2D eigenvalue weighted by molar-refractivity contribution is -0.123. The molecule has 0 aliphatic carbocycles. The number of nitrogens with one attached hydrogen (secondary N) is 2. The van der Waals surface area contributed by atoms with Crippen molar-refractivity contribution < 1.29 is 28.6 Å². The second-order valence-corrected chi connectivity index (χ2v) is 9.36. The van der Waals surface area contributed by atoms with Crippen LogP contribution in [-0.2, 0) is 20.9 Å². The van der Waals surface area contributed by atoms with Crippen LogP contribution in [-0.4, -0.2) is 58.6 Å². The van der Waals surface area contributed by atoms with Crippen molar-refractivity contribution in [3.63, 3.8) is 0 Å². The maximum absolute atomic E-state index is 12.7. The van der Waals surface area contributed by atoms with Crippen molar-refractivity contribution in [3.8, 4) is 17.2 Å². The van der Waals surface area contributed by atoms with Crippen molar-refractivity contribution in [3.05, 3.63) is 90.3 Å². The molecular formula is C29H29N5O6S. The number of thioether (sulfide) groups is 1. The predicted octanol–water partition coefficient (Wildman–Crippen LogP) is 3.88. The van der Waals surface area contributed by atoms with Crippen LogP contribution >= 0.6 is 11.8 Å². The molecule has 4 rings (SSSR count). The van der Waals surface area contributed by atoms with Crippen LogP contribution in [0.2, 0.25) is 0 Å². The molecule has 41 heavy (non-hydrogen) atoms. The van der Waals surface area contributed by atoms with Gasteiger partial charge in [-0.15, -0.1) is 10.2 Å². The second kappa shape index (κ2) is 14.5. The number of anilines is 1. The highest BCUT2D eigenvalue weighted by molar-refractivity contribution is 7.99. The Labute approximate surface area is 241 Å². The molecule has 1 heterocycles. The van der Waals surface area contributed by atoms with E-state index in [1.54, 1.807) is 61.1 Å². The Bertz CT molecular complexity index is 1480. The van der Waals surface area contributed by atoms with Crippen molar-refractivity contribution in [2.75, 3.05) is 31.4 Å². The van der Waals surface area contributed by atoms with Crippen molar-refractivity contribution >= 4 is 35.2 Å². The monoisotopic (exact) mass is 575 g/mol. The highest BCUT2D eigenvalue weighted by Crippen LogP contribution is 2.28. The number of amides is 2. The van der Waals surface area contributed by atoms with E-state index in [4.69, 9.17) is 14.2 Å². The molecule has 0 aliphatic heterocycles. The maximum Gasteiger partial charge on any atom is 0.338 e. The van der Waals surface area contributed by atoms with Crippen LogP contribution in [0, 0.1) is 0 Å². The fraction of sp³-hybridized carbons (Fsp3) is 0.207. The summed E-state index contributed by atoms with van der Waals surface area (Å²) < 4.78 is 17.8. The molecule has 0 bridgehead atoms. The van der Waals surface area contributed by atoms with Gasteiger partial charge < -0.3 is 24.8 Å². The number of benzene rings is 3. The van der Waals surface area contributed by atoms with Crippen LogP contribution < -0.4 is 20.1 Å². The quantitative estimate of drug-likeness (QED) is 0.180. The fourth-order valence-electron chi connectivity index (χ4n) is 3.69. The van der Waals surface area contributed by atoms with Crippen LogP contribution in [0.15, 0.2) is 84.0 Å². The minimum absolute atomic E-state index is 0.0319. The van der Waals surface area contributed by atoms with E-state index < -0.39 is 5.97 Å². The molecular weight excluding hydrogens is 546 g/mol. The number of hydrogen-bond donors (Lipinski definition) is 2. The van der Waals surface area contributed by atoms with Crippen molar-refractivity contribution in [2.24, 2.45) is 0 Å². The first-order valence-electron chi connectivity index (χ1n) is 12.7. The number of para-hydroxylation sites is 3. The number of aromatic nitrogens is 3. The Hall–Kier alpha value is -4.84. The van der Waals surface area contributed by atoms with Gasteiger partial charge in [-0.1, -0.05) is 42.1 Å². The number of methoxy groups -OCH3 is 1. The minimum Gasteiger partial charge on any atom is -0.495 e. The van der Waals surface area contributed by atoms with Crippen LogP contribution in [0.4, 0.5) is 5.69 Å². The van der Waals surface area contributed by atoms with Gasteiger partial charge in [-0.25, -0.2) is 4.79 Å². The molecule has 0 saturated carbocycles. The number of ether oxygens (including phenoxy) is 3. The molecule has 0 radical (unpaired) electrons. The van der Waals surface area contributed by atoms with E-state index in [-0.39, 0.29) is 37.3 Å². The highest BCUT2D eigenvalue weighted by Gasteiger charge is 2.19. The van der Waals surface area contributed by atoms with E-state index in [9.17, 15) is 14.4 Å². The Morgan fingerprint density at radius 1 is 0.902 bits per heavy atom. The third kappa shape index (κ3) is 8.08. The summed E-state index contributed by atoms with van der Waals surface area (Å²) in [6, 6.07) is 22.8. The highest BCUT2D eigenvalue weighted by atomic mass is 32.2. The van der Waals surface area contributed by atoms with Crippen LogP contribution in [0.3, 0.4) is 0 Å². The third-order valence-corrected chi connectivity index (χ3v) is 6.52. The number of hydrogen-bond acceptors (Lipinski definition) is 9. The Morgan fingerprint density at radius 2 is 1.63 bits per heavy atom. The van der Waals surface area contributed by atoms with Gasteiger partial charge >= 0.3 is 5.97 Å². The zero-order valence-electron chi connectivity index (χ0n) is 22.5. The maximum atomic E-state index is 12.7. The fourth-order valence-corrected chi connectivity index (χ4v) is 4.45. The molecule has 0 spiro atoms. The largest absolute Gasteiger partial charge is 0.495 e. The summed E-state index contributed by atoms with van der Waals surface area (Å²) in [7, 11) is 1.55. The molecule has 1 aromatic heterocycles. The summed E-state index contributed by atoms with van der Waals surface area (Å²) in [5.74, 6) is 0.608. The average Bonchev–Trinajstić information content (AvgIpc) is 3.41. The molecule has 212 valence electrons.